The maximum atomic E-state index is 13.6. The highest BCUT2D eigenvalue weighted by Gasteiger charge is 2.82. The maximum Gasteiger partial charge on any atom is 0.137 e. The second-order valence-corrected chi connectivity index (χ2v) is 11.4. The van der Waals surface area contributed by atoms with Crippen LogP contribution in [0.2, 0.25) is 0 Å². The van der Waals surface area contributed by atoms with Crippen LogP contribution in [0.25, 0.3) is 0 Å². The summed E-state index contributed by atoms with van der Waals surface area (Å²) in [5.74, 6) is 2.32. The predicted octanol–water partition coefficient (Wildman–Crippen LogP) is 2.23. The number of rotatable bonds is 2. The summed E-state index contributed by atoms with van der Waals surface area (Å²) in [6.07, 6.45) is 7.39. The number of fused-ring (bicyclic) bond motifs is 1. The van der Waals surface area contributed by atoms with Crippen LogP contribution < -0.4 is 0 Å². The number of Topliss-reactive ketones (excluding diaryl/α,β-unsaturated/α-hetero) is 1. The molecule has 0 amide bonds. The molecule has 6 aliphatic carbocycles. The van der Waals surface area contributed by atoms with Gasteiger partial charge in [0, 0.05) is 31.5 Å². The number of nitrogens with zero attached hydrogens (tertiary/aromatic N) is 1. The van der Waals surface area contributed by atoms with E-state index in [1.807, 2.05) is 6.92 Å². The van der Waals surface area contributed by atoms with Crippen molar-refractivity contribution in [2.75, 3.05) is 19.7 Å². The number of carbonyl (C=O) groups is 1. The van der Waals surface area contributed by atoms with Gasteiger partial charge >= 0.3 is 0 Å². The lowest BCUT2D eigenvalue weighted by Crippen LogP contribution is -2.69. The largest absolute Gasteiger partial charge is 0.395 e. The van der Waals surface area contributed by atoms with E-state index in [0.717, 1.165) is 45.2 Å². The van der Waals surface area contributed by atoms with E-state index in [-0.39, 0.29) is 28.8 Å². The van der Waals surface area contributed by atoms with Crippen molar-refractivity contribution in [3.63, 3.8) is 0 Å². The van der Waals surface area contributed by atoms with Crippen LogP contribution in [0.15, 0.2) is 0 Å². The summed E-state index contributed by atoms with van der Waals surface area (Å²) in [7, 11) is 0. The highest BCUT2D eigenvalue weighted by molar-refractivity contribution is 5.86. The van der Waals surface area contributed by atoms with Gasteiger partial charge < -0.3 is 10.2 Å². The Bertz CT molecular complexity index is 691. The predicted molar refractivity (Wildman–Crippen MR) is 97.3 cm³/mol. The third kappa shape index (κ3) is 1.53. The van der Waals surface area contributed by atoms with E-state index in [1.54, 1.807) is 0 Å². The fourth-order valence-corrected chi connectivity index (χ4v) is 10.3. The van der Waals surface area contributed by atoms with E-state index in [2.05, 4.69) is 11.8 Å². The van der Waals surface area contributed by atoms with Gasteiger partial charge in [0.15, 0.2) is 0 Å². The zero-order valence-electron chi connectivity index (χ0n) is 16.2. The van der Waals surface area contributed by atoms with Gasteiger partial charge in [-0.15, -0.1) is 0 Å². The number of piperidine rings is 1. The number of carbonyl (C=O) groups excluding carboxylic acids is 1. The molecule has 6 bridgehead atoms. The minimum atomic E-state index is -0.593. The third-order valence-corrected chi connectivity index (χ3v) is 10.4. The highest BCUT2D eigenvalue weighted by atomic mass is 16.3. The van der Waals surface area contributed by atoms with Crippen LogP contribution in [0.5, 0.6) is 0 Å². The summed E-state index contributed by atoms with van der Waals surface area (Å²) in [6.45, 7) is 6.35. The molecular weight excluding hydrogens is 326 g/mol. The average molecular weight is 360 g/mol. The van der Waals surface area contributed by atoms with Crippen molar-refractivity contribution in [1.29, 1.82) is 0 Å². The molecule has 0 aromatic carbocycles. The summed E-state index contributed by atoms with van der Waals surface area (Å²) in [4.78, 5) is 16.2. The molecule has 26 heavy (non-hydrogen) atoms. The number of aliphatic hydroxyl groups is 2. The maximum absolute atomic E-state index is 13.6. The van der Waals surface area contributed by atoms with Gasteiger partial charge in [0.1, 0.15) is 5.78 Å². The van der Waals surface area contributed by atoms with Gasteiger partial charge in [-0.2, -0.15) is 0 Å². The van der Waals surface area contributed by atoms with Crippen molar-refractivity contribution in [3.8, 4) is 0 Å². The number of hydrogen-bond donors (Lipinski definition) is 2. The molecule has 4 nitrogen and oxygen atoms in total. The Morgan fingerprint density at radius 3 is 2.81 bits per heavy atom. The quantitative estimate of drug-likeness (QED) is 0.794. The summed E-state index contributed by atoms with van der Waals surface area (Å²) in [5.41, 5.74) is -0.343. The van der Waals surface area contributed by atoms with E-state index >= 15 is 0 Å². The average Bonchev–Trinajstić information content (AvgIpc) is 2.64. The van der Waals surface area contributed by atoms with Crippen molar-refractivity contribution < 1.29 is 15.0 Å². The zero-order chi connectivity index (χ0) is 18.1. The van der Waals surface area contributed by atoms with Gasteiger partial charge in [-0.25, -0.2) is 0 Å². The second kappa shape index (κ2) is 4.58. The molecule has 144 valence electrons. The molecule has 1 aliphatic heterocycles. The van der Waals surface area contributed by atoms with Crippen LogP contribution in [0.4, 0.5) is 0 Å². The molecule has 7 aliphatic rings. The van der Waals surface area contributed by atoms with Gasteiger partial charge in [0.05, 0.1) is 12.2 Å². The number of aliphatic hydroxyl groups excluding tert-OH is 1. The molecule has 2 unspecified atom stereocenters. The molecular formula is C22H33NO3. The Hall–Kier alpha value is -0.450. The molecule has 6 saturated carbocycles. The van der Waals surface area contributed by atoms with Crippen LogP contribution >= 0.6 is 0 Å². The van der Waals surface area contributed by atoms with Gasteiger partial charge in [-0.3, -0.25) is 9.69 Å². The van der Waals surface area contributed by atoms with Crippen LogP contribution in [-0.4, -0.2) is 52.2 Å². The lowest BCUT2D eigenvalue weighted by molar-refractivity contribution is -0.211. The van der Waals surface area contributed by atoms with E-state index < -0.39 is 5.60 Å². The summed E-state index contributed by atoms with van der Waals surface area (Å²) >= 11 is 0. The monoisotopic (exact) mass is 359 g/mol. The fourth-order valence-electron chi connectivity index (χ4n) is 10.3. The topological polar surface area (TPSA) is 60.8 Å². The van der Waals surface area contributed by atoms with Gasteiger partial charge in [0.2, 0.25) is 0 Å². The van der Waals surface area contributed by atoms with Crippen molar-refractivity contribution >= 4 is 5.78 Å². The number of hydrogen-bond acceptors (Lipinski definition) is 4. The first-order valence-electron chi connectivity index (χ1n) is 10.9. The second-order valence-electron chi connectivity index (χ2n) is 11.4. The van der Waals surface area contributed by atoms with E-state index in [1.165, 1.54) is 12.8 Å². The van der Waals surface area contributed by atoms with Gasteiger partial charge in [-0.05, 0) is 73.0 Å². The molecule has 0 aromatic rings. The number of β-amino-alcohol motifs (C(OH)–C–C–N with tert-alkyl or cyclic N) is 1. The number of ketones is 1. The standard InChI is InChI=1S/C22H33NO3/c1-19-4-3-5-22-16-9-13-8-14(18(22)23(12-19)6-7-24)21(16,11-20(13,2)26)10-15(25)17(19)22/h13-14,16-18,24,26H,3-12H2,1-2H3/t13?,14-,16-,17+,18-,19+,20+,21?,22-/m1/s1. The molecule has 4 heteroatoms. The molecule has 0 aromatic heterocycles. The Kier molecular flexibility index (Phi) is 2.90. The van der Waals surface area contributed by atoms with Crippen LogP contribution in [0, 0.1) is 39.9 Å². The molecule has 1 saturated heterocycles. The molecule has 2 N–H and O–H groups in total. The first-order valence-corrected chi connectivity index (χ1v) is 10.9. The summed E-state index contributed by atoms with van der Waals surface area (Å²) in [6, 6.07) is 0.463. The van der Waals surface area contributed by atoms with E-state index in [0.29, 0.717) is 29.6 Å². The minimum absolute atomic E-state index is 0.0345. The normalized spacial score (nSPS) is 62.6. The lowest BCUT2D eigenvalue weighted by Gasteiger charge is -2.67. The van der Waals surface area contributed by atoms with Crippen LogP contribution in [0.1, 0.15) is 58.8 Å². The van der Waals surface area contributed by atoms with Crippen molar-refractivity contribution in [1.82, 2.24) is 4.90 Å². The summed E-state index contributed by atoms with van der Waals surface area (Å²) in [5, 5.41) is 20.9. The molecule has 9 atom stereocenters. The Labute approximate surface area is 156 Å². The van der Waals surface area contributed by atoms with Crippen LogP contribution in [-0.2, 0) is 4.79 Å². The molecule has 2 spiro atoms. The first-order chi connectivity index (χ1) is 12.3. The van der Waals surface area contributed by atoms with E-state index in [9.17, 15) is 15.0 Å². The SMILES string of the molecule is C[C@]12CCC[C@]34[C@@H]5CC6C[C@H]([C@H]3N(CCO)C1)C5(CC(=O)[C@@H]24)C[C@]6(C)O. The molecule has 7 rings (SSSR count). The fraction of sp³-hybridized carbons (Fsp3) is 0.955. The van der Waals surface area contributed by atoms with Crippen molar-refractivity contribution in [3.05, 3.63) is 0 Å². The van der Waals surface area contributed by atoms with Gasteiger partial charge in [0.25, 0.3) is 0 Å². The first kappa shape index (κ1) is 16.5. The lowest BCUT2D eigenvalue weighted by atomic mass is 9.38. The Morgan fingerprint density at radius 1 is 1.23 bits per heavy atom. The Balaban J connectivity index is 1.59. The third-order valence-electron chi connectivity index (χ3n) is 10.4. The molecule has 1 heterocycles. The molecule has 0 radical (unpaired) electrons. The van der Waals surface area contributed by atoms with Crippen LogP contribution in [0.3, 0.4) is 0 Å². The molecule has 7 fully saturated rings. The smallest absolute Gasteiger partial charge is 0.137 e. The highest BCUT2D eigenvalue weighted by Crippen LogP contribution is 2.82. The minimum Gasteiger partial charge on any atom is -0.395 e. The van der Waals surface area contributed by atoms with Gasteiger partial charge in [-0.1, -0.05) is 13.3 Å². The number of likely N-dealkylation sites (tertiary alicyclic amines) is 1. The summed E-state index contributed by atoms with van der Waals surface area (Å²) < 4.78 is 0. The van der Waals surface area contributed by atoms with E-state index in [4.69, 9.17) is 0 Å². The zero-order valence-corrected chi connectivity index (χ0v) is 16.2. The van der Waals surface area contributed by atoms with Crippen molar-refractivity contribution in [2.45, 2.75) is 70.4 Å². The Morgan fingerprint density at radius 2 is 2.04 bits per heavy atom. The van der Waals surface area contributed by atoms with Crippen molar-refractivity contribution in [2.24, 2.45) is 39.9 Å².